The van der Waals surface area contributed by atoms with Gasteiger partial charge in [0.25, 0.3) is 0 Å². The largest absolute Gasteiger partial charge is 0.481 e. The van der Waals surface area contributed by atoms with E-state index in [4.69, 9.17) is 23.5 Å². The summed E-state index contributed by atoms with van der Waals surface area (Å²) < 4.78 is 30.3. The number of hydrogen-bond donors (Lipinski definition) is 2. The highest BCUT2D eigenvalue weighted by Gasteiger charge is 2.68. The molecule has 0 spiro atoms. The smallest absolute Gasteiger partial charge is 0.445 e. The molecular formula is C38H50BN3O8. The molecule has 3 saturated heterocycles. The van der Waals surface area contributed by atoms with Crippen LogP contribution >= 0.6 is 0 Å². The van der Waals surface area contributed by atoms with E-state index < -0.39 is 36.8 Å². The summed E-state index contributed by atoms with van der Waals surface area (Å²) in [4.78, 5) is 43.0. The molecule has 12 heteroatoms. The van der Waals surface area contributed by atoms with Crippen molar-refractivity contribution >= 4 is 25.0 Å². The Hall–Kier alpha value is -3.45. The van der Waals surface area contributed by atoms with Crippen molar-refractivity contribution in [2.24, 2.45) is 17.3 Å². The van der Waals surface area contributed by atoms with Crippen molar-refractivity contribution in [2.45, 2.75) is 108 Å². The molecule has 50 heavy (non-hydrogen) atoms. The van der Waals surface area contributed by atoms with Gasteiger partial charge in [-0.1, -0.05) is 74.5 Å². The maximum absolute atomic E-state index is 14.2. The average Bonchev–Trinajstić information content (AvgIpc) is 3.89. The van der Waals surface area contributed by atoms with E-state index in [0.717, 1.165) is 24.0 Å². The van der Waals surface area contributed by atoms with Gasteiger partial charge in [0.15, 0.2) is 6.29 Å². The molecule has 6 aliphatic rings. The molecule has 2 N–H and O–H groups in total. The van der Waals surface area contributed by atoms with E-state index in [1.165, 1.54) is 0 Å². The lowest BCUT2D eigenvalue weighted by Gasteiger charge is -2.64. The van der Waals surface area contributed by atoms with Crippen molar-refractivity contribution < 1.29 is 37.9 Å². The molecule has 2 bridgehead atoms. The Bertz CT molecular complexity index is 1510. The molecule has 8 rings (SSSR count). The van der Waals surface area contributed by atoms with E-state index in [9.17, 15) is 14.4 Å². The Morgan fingerprint density at radius 3 is 2.36 bits per heavy atom. The summed E-state index contributed by atoms with van der Waals surface area (Å²) in [5.41, 5.74) is 1.50. The lowest BCUT2D eigenvalue weighted by atomic mass is 9.43. The fourth-order valence-corrected chi connectivity index (χ4v) is 8.98. The number of amides is 3. The van der Waals surface area contributed by atoms with Crippen LogP contribution in [0.5, 0.6) is 0 Å². The molecule has 11 nitrogen and oxygen atoms in total. The lowest BCUT2D eigenvalue weighted by molar-refractivity contribution is -0.199. The topological polar surface area (TPSA) is 125 Å². The van der Waals surface area contributed by atoms with Gasteiger partial charge >= 0.3 is 13.2 Å². The molecule has 3 saturated carbocycles. The summed E-state index contributed by atoms with van der Waals surface area (Å²) in [6.45, 7) is 8.41. The van der Waals surface area contributed by atoms with Gasteiger partial charge in [0.2, 0.25) is 11.8 Å². The molecule has 3 amide bonds. The number of nitrogens with one attached hydrogen (secondary N) is 2. The number of carbonyl (C=O) groups excluding carboxylic acids is 3. The lowest BCUT2D eigenvalue weighted by Crippen LogP contribution is -2.65. The summed E-state index contributed by atoms with van der Waals surface area (Å²) in [7, 11) is -0.622. The molecular weight excluding hydrogens is 637 g/mol. The zero-order chi connectivity index (χ0) is 34.9. The molecule has 3 aliphatic carbocycles. The number of rotatable bonds is 12. The first-order valence-electron chi connectivity index (χ1n) is 18.3. The summed E-state index contributed by atoms with van der Waals surface area (Å²) in [6.07, 6.45) is 3.58. The van der Waals surface area contributed by atoms with Crippen molar-refractivity contribution in [3.05, 3.63) is 71.8 Å². The van der Waals surface area contributed by atoms with Crippen molar-refractivity contribution in [1.82, 2.24) is 15.5 Å². The standard InChI is InChI=1S/C38H50BN3O8/c1-37(2)27-22-30(37)38(3)31(23-27)49-39(50-38)32(16-17-33-46-19-20-47-33)41-34(43)29-15-10-18-42(29)35(44)28(21-25-11-6-4-7-12-25)40-36(45)48-24-26-13-8-5-9-14-26/h4-9,11-14,27-33H,10,15-24H2,1-3H3,(H,40,45)(H,41,43)/t27?,28-,29-,30?,31+,32?,38-/m0/s1. The molecule has 7 atom stereocenters. The number of nitrogens with zero attached hydrogens (tertiary/aromatic N) is 1. The van der Waals surface area contributed by atoms with E-state index >= 15 is 0 Å². The van der Waals surface area contributed by atoms with Crippen LogP contribution in [0.25, 0.3) is 0 Å². The maximum Gasteiger partial charge on any atom is 0.481 e. The normalized spacial score (nSPS) is 29.5. The molecule has 2 aromatic rings. The Balaban J connectivity index is 1.04. The van der Waals surface area contributed by atoms with Gasteiger partial charge in [-0.25, -0.2) is 4.79 Å². The average molecular weight is 688 g/mol. The molecule has 268 valence electrons. The molecule has 3 aliphatic heterocycles. The Morgan fingerprint density at radius 2 is 1.66 bits per heavy atom. The highest BCUT2D eigenvalue weighted by atomic mass is 16.7. The minimum atomic E-state index is -0.916. The molecule has 0 aromatic heterocycles. The molecule has 0 radical (unpaired) electrons. The summed E-state index contributed by atoms with van der Waals surface area (Å²) in [6, 6.07) is 17.3. The van der Waals surface area contributed by atoms with E-state index in [0.29, 0.717) is 57.3 Å². The third kappa shape index (κ3) is 7.17. The van der Waals surface area contributed by atoms with Crippen LogP contribution in [0.4, 0.5) is 4.79 Å². The van der Waals surface area contributed by atoms with Crippen molar-refractivity contribution in [3.8, 4) is 0 Å². The molecule has 3 heterocycles. The van der Waals surface area contributed by atoms with Crippen LogP contribution in [0, 0.1) is 17.3 Å². The van der Waals surface area contributed by atoms with Crippen molar-refractivity contribution in [3.63, 3.8) is 0 Å². The van der Waals surface area contributed by atoms with Crippen LogP contribution < -0.4 is 10.6 Å². The Kier molecular flexibility index (Phi) is 10.3. The first kappa shape index (κ1) is 35.0. The Morgan fingerprint density at radius 1 is 0.960 bits per heavy atom. The van der Waals surface area contributed by atoms with Crippen molar-refractivity contribution in [2.75, 3.05) is 19.8 Å². The third-order valence-electron chi connectivity index (χ3n) is 12.0. The minimum absolute atomic E-state index is 0.0290. The first-order valence-corrected chi connectivity index (χ1v) is 18.3. The second kappa shape index (κ2) is 14.7. The van der Waals surface area contributed by atoms with E-state index in [-0.39, 0.29) is 42.7 Å². The predicted octanol–water partition coefficient (Wildman–Crippen LogP) is 4.42. The second-order valence-corrected chi connectivity index (χ2v) is 15.3. The zero-order valence-electron chi connectivity index (χ0n) is 29.4. The fraction of sp³-hybridized carbons (Fsp3) is 0.605. The van der Waals surface area contributed by atoms with Crippen molar-refractivity contribution in [1.29, 1.82) is 0 Å². The Labute approximate surface area is 295 Å². The number of benzene rings is 2. The molecule has 3 unspecified atom stereocenters. The van der Waals surface area contributed by atoms with Gasteiger partial charge in [0.1, 0.15) is 18.7 Å². The van der Waals surface area contributed by atoms with Gasteiger partial charge in [-0.15, -0.1) is 0 Å². The highest BCUT2D eigenvalue weighted by Crippen LogP contribution is 2.65. The third-order valence-corrected chi connectivity index (χ3v) is 12.0. The SMILES string of the molecule is CC1(C)C2CC1[C@]1(C)OB(C(CCC3OCCO3)NC(=O)[C@@H]3CCCN3C(=O)[C@H](Cc3ccccc3)NC(=O)OCc3ccccc3)O[C@@H]1C2. The predicted molar refractivity (Wildman–Crippen MR) is 185 cm³/mol. The van der Waals surface area contributed by atoms with Gasteiger partial charge in [0.05, 0.1) is 30.9 Å². The van der Waals surface area contributed by atoms with Gasteiger partial charge in [-0.05, 0) is 73.8 Å². The summed E-state index contributed by atoms with van der Waals surface area (Å²) >= 11 is 0. The highest BCUT2D eigenvalue weighted by molar-refractivity contribution is 6.48. The van der Waals surface area contributed by atoms with Crippen LogP contribution in [0.3, 0.4) is 0 Å². The molecule has 6 fully saturated rings. The number of hydrogen-bond acceptors (Lipinski definition) is 8. The van der Waals surface area contributed by atoms with E-state index in [2.05, 4.69) is 31.4 Å². The number of carbonyl (C=O) groups is 3. The summed E-state index contributed by atoms with van der Waals surface area (Å²) in [5.74, 6) is -0.0374. The maximum atomic E-state index is 14.2. The van der Waals surface area contributed by atoms with Gasteiger partial charge < -0.3 is 39.1 Å². The monoisotopic (exact) mass is 687 g/mol. The second-order valence-electron chi connectivity index (χ2n) is 15.3. The molecule has 2 aromatic carbocycles. The fourth-order valence-electron chi connectivity index (χ4n) is 8.98. The minimum Gasteiger partial charge on any atom is -0.445 e. The number of likely N-dealkylation sites (tertiary alicyclic amines) is 1. The summed E-state index contributed by atoms with van der Waals surface area (Å²) in [5, 5.41) is 6.05. The van der Waals surface area contributed by atoms with Crippen LogP contribution in [-0.2, 0) is 46.1 Å². The first-order chi connectivity index (χ1) is 24.1. The van der Waals surface area contributed by atoms with E-state index in [1.807, 2.05) is 60.7 Å². The van der Waals surface area contributed by atoms with Gasteiger partial charge in [-0.3, -0.25) is 9.59 Å². The van der Waals surface area contributed by atoms with Crippen LogP contribution in [0.1, 0.15) is 70.4 Å². The van der Waals surface area contributed by atoms with Crippen LogP contribution in [0.2, 0.25) is 0 Å². The van der Waals surface area contributed by atoms with E-state index in [1.54, 1.807) is 4.90 Å². The van der Waals surface area contributed by atoms with Crippen LogP contribution in [-0.4, -0.2) is 85.7 Å². The number of ether oxygens (including phenoxy) is 3. The number of alkyl carbamates (subject to hydrolysis) is 1. The zero-order valence-corrected chi connectivity index (χ0v) is 29.4. The van der Waals surface area contributed by atoms with Gasteiger partial charge in [0, 0.05) is 13.0 Å². The van der Waals surface area contributed by atoms with Crippen LogP contribution in [0.15, 0.2) is 60.7 Å². The quantitative estimate of drug-likeness (QED) is 0.315. The van der Waals surface area contributed by atoms with Gasteiger partial charge in [-0.2, -0.15) is 0 Å².